The van der Waals surface area contributed by atoms with Crippen LogP contribution < -0.4 is 0 Å². The molecule has 0 N–H and O–H groups in total. The Balaban J connectivity index is 1.79. The quantitative estimate of drug-likeness (QED) is 0.719. The van der Waals surface area contributed by atoms with Crippen molar-refractivity contribution in [3.63, 3.8) is 0 Å². The van der Waals surface area contributed by atoms with Crippen LogP contribution in [0.3, 0.4) is 0 Å². The second-order valence-corrected chi connectivity index (χ2v) is 5.53. The fourth-order valence-corrected chi connectivity index (χ4v) is 2.74. The van der Waals surface area contributed by atoms with Crippen molar-refractivity contribution in [3.8, 4) is 0 Å². The Morgan fingerprint density at radius 1 is 1.59 bits per heavy atom. The number of hydrogen-bond acceptors (Lipinski definition) is 6. The van der Waals surface area contributed by atoms with Crippen LogP contribution in [0.4, 0.5) is 0 Å². The number of carbonyl (C=O) groups excluding carboxylic acids is 1. The minimum atomic E-state index is 0.00565. The number of aliphatic imine (C=N–C) groups is 1. The molecule has 0 aliphatic carbocycles. The zero-order valence-electron chi connectivity index (χ0n) is 9.55. The van der Waals surface area contributed by atoms with Crippen molar-refractivity contribution in [2.45, 2.75) is 18.6 Å². The molecule has 0 saturated carbocycles. The smallest absolute Gasteiger partial charge is 0.266 e. The Kier molecular flexibility index (Phi) is 4.22. The number of rotatable bonds is 3. The van der Waals surface area contributed by atoms with Crippen molar-refractivity contribution in [2.24, 2.45) is 4.99 Å². The highest BCUT2D eigenvalue weighted by Gasteiger charge is 2.26. The molecule has 2 rings (SSSR count). The molecule has 17 heavy (non-hydrogen) atoms. The molecular weight excluding hydrogens is 260 g/mol. The van der Waals surface area contributed by atoms with Crippen LogP contribution in [0.1, 0.15) is 13.3 Å². The van der Waals surface area contributed by atoms with Gasteiger partial charge in [0, 0.05) is 11.7 Å². The molecular formula is C10H14N2O3S2. The standard InChI is InChI=1S/C10H14N2O3S2/c1-7(17-9-11-2-4-14-9)6-8(13)12-3-5-15-10(12)16/h7H,2-6H2,1H3. The first kappa shape index (κ1) is 12.6. The summed E-state index contributed by atoms with van der Waals surface area (Å²) in [7, 11) is 0. The summed E-state index contributed by atoms with van der Waals surface area (Å²) in [5.41, 5.74) is 0. The lowest BCUT2D eigenvalue weighted by Crippen LogP contribution is -2.33. The maximum atomic E-state index is 11.9. The summed E-state index contributed by atoms with van der Waals surface area (Å²) >= 11 is 6.43. The zero-order valence-corrected chi connectivity index (χ0v) is 11.2. The van der Waals surface area contributed by atoms with Crippen LogP contribution in [0.5, 0.6) is 0 Å². The lowest BCUT2D eigenvalue weighted by atomic mass is 10.3. The molecule has 1 amide bonds. The molecule has 1 atom stereocenters. The van der Waals surface area contributed by atoms with Gasteiger partial charge in [-0.15, -0.1) is 0 Å². The number of ether oxygens (including phenoxy) is 2. The van der Waals surface area contributed by atoms with Crippen molar-refractivity contribution >= 4 is 40.3 Å². The van der Waals surface area contributed by atoms with Crippen molar-refractivity contribution < 1.29 is 14.3 Å². The summed E-state index contributed by atoms with van der Waals surface area (Å²) in [5, 5.41) is 1.11. The van der Waals surface area contributed by atoms with Crippen LogP contribution >= 0.6 is 24.0 Å². The monoisotopic (exact) mass is 274 g/mol. The maximum absolute atomic E-state index is 11.9. The van der Waals surface area contributed by atoms with E-state index in [-0.39, 0.29) is 11.2 Å². The van der Waals surface area contributed by atoms with E-state index in [2.05, 4.69) is 4.99 Å². The zero-order chi connectivity index (χ0) is 12.3. The number of nitrogens with zero attached hydrogens (tertiary/aromatic N) is 2. The Labute approximate surface area is 110 Å². The van der Waals surface area contributed by atoms with Crippen LogP contribution in [0.15, 0.2) is 4.99 Å². The summed E-state index contributed by atoms with van der Waals surface area (Å²) < 4.78 is 10.4. The van der Waals surface area contributed by atoms with Crippen LogP contribution in [-0.4, -0.2) is 52.8 Å². The topological polar surface area (TPSA) is 51.1 Å². The van der Waals surface area contributed by atoms with E-state index in [1.807, 2.05) is 6.92 Å². The average Bonchev–Trinajstić information content (AvgIpc) is 2.88. The second-order valence-electron chi connectivity index (χ2n) is 3.79. The second kappa shape index (κ2) is 5.68. The van der Waals surface area contributed by atoms with E-state index < -0.39 is 0 Å². The number of thioether (sulfide) groups is 1. The molecule has 7 heteroatoms. The Hall–Kier alpha value is -0.820. The summed E-state index contributed by atoms with van der Waals surface area (Å²) in [6.45, 7) is 4.40. The van der Waals surface area contributed by atoms with Crippen LogP contribution in [0.25, 0.3) is 0 Å². The molecule has 0 aromatic carbocycles. The predicted molar refractivity (Wildman–Crippen MR) is 70.2 cm³/mol. The van der Waals surface area contributed by atoms with Gasteiger partial charge in [0.2, 0.25) is 11.1 Å². The highest BCUT2D eigenvalue weighted by Crippen LogP contribution is 2.20. The number of carbonyl (C=O) groups is 1. The Bertz CT molecular complexity index is 359. The van der Waals surface area contributed by atoms with Gasteiger partial charge in [0.25, 0.3) is 5.17 Å². The number of thiocarbonyl (C=S) groups is 1. The van der Waals surface area contributed by atoms with Crippen molar-refractivity contribution in [1.29, 1.82) is 0 Å². The molecule has 0 bridgehead atoms. The summed E-state index contributed by atoms with van der Waals surface area (Å²) in [4.78, 5) is 17.6. The van der Waals surface area contributed by atoms with E-state index in [0.717, 1.165) is 0 Å². The Morgan fingerprint density at radius 3 is 3.00 bits per heavy atom. The molecule has 1 unspecified atom stereocenters. The summed E-state index contributed by atoms with van der Waals surface area (Å²) in [6.07, 6.45) is 0.413. The lowest BCUT2D eigenvalue weighted by Gasteiger charge is -2.15. The SMILES string of the molecule is CC(CC(=O)N1CCOC1=S)SC1=NCCO1. The molecule has 94 valence electrons. The molecule has 2 heterocycles. The van der Waals surface area contributed by atoms with Gasteiger partial charge in [0.1, 0.15) is 13.2 Å². The van der Waals surface area contributed by atoms with E-state index in [1.54, 1.807) is 0 Å². The van der Waals surface area contributed by atoms with Crippen molar-refractivity contribution in [3.05, 3.63) is 0 Å². The molecule has 0 spiro atoms. The van der Waals surface area contributed by atoms with Gasteiger partial charge in [-0.05, 0) is 12.2 Å². The first-order chi connectivity index (χ1) is 8.16. The van der Waals surface area contributed by atoms with E-state index >= 15 is 0 Å². The van der Waals surface area contributed by atoms with E-state index in [1.165, 1.54) is 16.7 Å². The fourth-order valence-electron chi connectivity index (χ4n) is 1.58. The third-order valence-corrected chi connectivity index (χ3v) is 3.74. The van der Waals surface area contributed by atoms with Crippen molar-refractivity contribution in [2.75, 3.05) is 26.3 Å². The highest BCUT2D eigenvalue weighted by molar-refractivity contribution is 8.14. The normalized spacial score (nSPS) is 20.9. The molecule has 0 aromatic heterocycles. The fraction of sp³-hybridized carbons (Fsp3) is 0.700. The van der Waals surface area contributed by atoms with E-state index in [4.69, 9.17) is 21.7 Å². The minimum Gasteiger partial charge on any atom is -0.471 e. The maximum Gasteiger partial charge on any atom is 0.266 e. The minimum absolute atomic E-state index is 0.00565. The number of amides is 1. The van der Waals surface area contributed by atoms with Crippen molar-refractivity contribution in [1.82, 2.24) is 4.90 Å². The van der Waals surface area contributed by atoms with Gasteiger partial charge in [-0.25, -0.2) is 4.99 Å². The van der Waals surface area contributed by atoms with Crippen LogP contribution in [0, 0.1) is 0 Å². The van der Waals surface area contributed by atoms with Gasteiger partial charge in [-0.2, -0.15) is 0 Å². The molecule has 1 fully saturated rings. The molecule has 1 saturated heterocycles. The molecule has 2 aliphatic rings. The largest absolute Gasteiger partial charge is 0.471 e. The first-order valence-electron chi connectivity index (χ1n) is 5.48. The van der Waals surface area contributed by atoms with Gasteiger partial charge in [0.05, 0.1) is 13.1 Å². The Morgan fingerprint density at radius 2 is 2.41 bits per heavy atom. The van der Waals surface area contributed by atoms with Gasteiger partial charge in [-0.1, -0.05) is 18.7 Å². The third-order valence-electron chi connectivity index (χ3n) is 2.38. The van der Waals surface area contributed by atoms with Gasteiger partial charge in [0.15, 0.2) is 0 Å². The van der Waals surface area contributed by atoms with E-state index in [0.29, 0.717) is 43.1 Å². The van der Waals surface area contributed by atoms with Crippen LogP contribution in [0.2, 0.25) is 0 Å². The van der Waals surface area contributed by atoms with Crippen LogP contribution in [-0.2, 0) is 14.3 Å². The van der Waals surface area contributed by atoms with Gasteiger partial charge < -0.3 is 9.47 Å². The van der Waals surface area contributed by atoms with Gasteiger partial charge in [-0.3, -0.25) is 9.69 Å². The first-order valence-corrected chi connectivity index (χ1v) is 6.76. The average molecular weight is 274 g/mol. The highest BCUT2D eigenvalue weighted by atomic mass is 32.2. The lowest BCUT2D eigenvalue weighted by molar-refractivity contribution is -0.126. The summed E-state index contributed by atoms with van der Waals surface area (Å²) in [6, 6.07) is 0. The molecule has 5 nitrogen and oxygen atoms in total. The number of hydrogen-bond donors (Lipinski definition) is 0. The molecule has 0 radical (unpaired) electrons. The van der Waals surface area contributed by atoms with Gasteiger partial charge >= 0.3 is 0 Å². The summed E-state index contributed by atoms with van der Waals surface area (Å²) in [5.74, 6) is 0.00565. The van der Waals surface area contributed by atoms with E-state index in [9.17, 15) is 4.79 Å². The molecule has 2 aliphatic heterocycles. The predicted octanol–water partition coefficient (Wildman–Crippen LogP) is 1.03. The molecule has 0 aromatic rings. The third kappa shape index (κ3) is 3.32.